The number of hydrogen-bond donors (Lipinski definition) is 0. The van der Waals surface area contributed by atoms with Crippen LogP contribution in [0.2, 0.25) is 0 Å². The molecule has 7 heteroatoms. The molecule has 0 bridgehead atoms. The van der Waals surface area contributed by atoms with E-state index in [1.54, 1.807) is 13.8 Å². The quantitative estimate of drug-likeness (QED) is 0.860. The van der Waals surface area contributed by atoms with E-state index in [4.69, 9.17) is 4.52 Å². The first-order chi connectivity index (χ1) is 8.88. The van der Waals surface area contributed by atoms with Crippen molar-refractivity contribution in [2.75, 3.05) is 0 Å². The Hall–Kier alpha value is -1.76. The summed E-state index contributed by atoms with van der Waals surface area (Å²) < 4.78 is 42.0. The van der Waals surface area contributed by atoms with Gasteiger partial charge in [-0.3, -0.25) is 0 Å². The van der Waals surface area contributed by atoms with E-state index in [1.807, 2.05) is 0 Å². The van der Waals surface area contributed by atoms with Crippen molar-refractivity contribution in [1.82, 2.24) is 10.1 Å². The highest BCUT2D eigenvalue weighted by molar-refractivity contribution is 7.90. The first kappa shape index (κ1) is 13.7. The van der Waals surface area contributed by atoms with Crippen molar-refractivity contribution in [3.63, 3.8) is 0 Å². The molecular weight excluding hydrogens is 271 g/mol. The van der Waals surface area contributed by atoms with Crippen molar-refractivity contribution in [3.05, 3.63) is 47.4 Å². The van der Waals surface area contributed by atoms with Crippen molar-refractivity contribution < 1.29 is 17.3 Å². The van der Waals surface area contributed by atoms with Gasteiger partial charge >= 0.3 is 0 Å². The highest BCUT2D eigenvalue weighted by Crippen LogP contribution is 2.24. The summed E-state index contributed by atoms with van der Waals surface area (Å²) in [5, 5.41) is 2.78. The molecule has 0 fully saturated rings. The fourth-order valence-corrected chi connectivity index (χ4v) is 2.92. The third-order valence-electron chi connectivity index (χ3n) is 2.77. The van der Waals surface area contributed by atoms with Gasteiger partial charge in [0.2, 0.25) is 5.89 Å². The van der Waals surface area contributed by atoms with Gasteiger partial charge in [-0.2, -0.15) is 4.98 Å². The van der Waals surface area contributed by atoms with Gasteiger partial charge in [0.15, 0.2) is 15.7 Å². The summed E-state index contributed by atoms with van der Waals surface area (Å²) in [7, 11) is -3.48. The number of sulfone groups is 1. The molecule has 102 valence electrons. The molecule has 1 heterocycles. The Morgan fingerprint density at radius 2 is 1.95 bits per heavy atom. The van der Waals surface area contributed by atoms with Gasteiger partial charge in [0.25, 0.3) is 0 Å². The summed E-state index contributed by atoms with van der Waals surface area (Å²) in [6.07, 6.45) is 0. The molecule has 1 aromatic heterocycles. The van der Waals surface area contributed by atoms with Crippen LogP contribution in [0.25, 0.3) is 0 Å². The minimum atomic E-state index is -3.48. The summed E-state index contributed by atoms with van der Waals surface area (Å²) >= 11 is 0. The second-order valence-electron chi connectivity index (χ2n) is 4.24. The second-order valence-corrected chi connectivity index (χ2v) is 6.56. The molecule has 5 nitrogen and oxygen atoms in total. The standard InChI is InChI=1S/C12H13FN2O3S/c1-8(10-3-5-11(13)6-4-10)19(16,17)7-12-14-9(2)15-18-12/h3-6,8H,7H2,1-2H3. The lowest BCUT2D eigenvalue weighted by molar-refractivity contribution is 0.384. The molecule has 0 N–H and O–H groups in total. The molecule has 0 aliphatic rings. The average molecular weight is 284 g/mol. The predicted octanol–water partition coefficient (Wildman–Crippen LogP) is 2.19. The Morgan fingerprint density at radius 3 is 2.47 bits per heavy atom. The van der Waals surface area contributed by atoms with E-state index in [-0.39, 0.29) is 11.6 Å². The van der Waals surface area contributed by atoms with Crippen LogP contribution in [0, 0.1) is 12.7 Å². The Labute approximate surface area is 110 Å². The maximum atomic E-state index is 12.8. The van der Waals surface area contributed by atoms with Gasteiger partial charge in [0.05, 0.1) is 5.25 Å². The van der Waals surface area contributed by atoms with Crippen LogP contribution in [0.15, 0.2) is 28.8 Å². The Kier molecular flexibility index (Phi) is 3.66. The number of rotatable bonds is 4. The zero-order valence-electron chi connectivity index (χ0n) is 10.5. The normalized spacial score (nSPS) is 13.4. The molecule has 0 saturated carbocycles. The first-order valence-corrected chi connectivity index (χ1v) is 7.36. The number of aromatic nitrogens is 2. The summed E-state index contributed by atoms with van der Waals surface area (Å²) in [4.78, 5) is 3.87. The van der Waals surface area contributed by atoms with Gasteiger partial charge in [-0.1, -0.05) is 17.3 Å². The van der Waals surface area contributed by atoms with Gasteiger partial charge < -0.3 is 4.52 Å². The molecule has 1 aromatic carbocycles. The number of nitrogens with zero attached hydrogens (tertiary/aromatic N) is 2. The lowest BCUT2D eigenvalue weighted by atomic mass is 10.2. The Balaban J connectivity index is 2.21. The van der Waals surface area contributed by atoms with E-state index in [1.165, 1.54) is 24.3 Å². The molecule has 0 saturated heterocycles. The molecular formula is C12H13FN2O3S. The van der Waals surface area contributed by atoms with Gasteiger partial charge in [-0.15, -0.1) is 0 Å². The van der Waals surface area contributed by atoms with Crippen LogP contribution in [0.5, 0.6) is 0 Å². The molecule has 2 rings (SSSR count). The lowest BCUT2D eigenvalue weighted by Gasteiger charge is -2.11. The van der Waals surface area contributed by atoms with Crippen LogP contribution in [0.1, 0.15) is 29.5 Å². The van der Waals surface area contributed by atoms with Crippen LogP contribution in [-0.4, -0.2) is 18.6 Å². The van der Waals surface area contributed by atoms with Crippen LogP contribution < -0.4 is 0 Å². The minimum absolute atomic E-state index is 0.0615. The highest BCUT2D eigenvalue weighted by atomic mass is 32.2. The first-order valence-electron chi connectivity index (χ1n) is 5.65. The molecule has 0 amide bonds. The minimum Gasteiger partial charge on any atom is -0.338 e. The van der Waals surface area contributed by atoms with Gasteiger partial charge in [-0.05, 0) is 31.5 Å². The van der Waals surface area contributed by atoms with E-state index in [0.717, 1.165) is 0 Å². The van der Waals surface area contributed by atoms with E-state index >= 15 is 0 Å². The van der Waals surface area contributed by atoms with E-state index in [0.29, 0.717) is 11.4 Å². The SMILES string of the molecule is Cc1noc(CS(=O)(=O)C(C)c2ccc(F)cc2)n1. The molecule has 0 radical (unpaired) electrons. The number of hydrogen-bond acceptors (Lipinski definition) is 5. The molecule has 0 aliphatic heterocycles. The lowest BCUT2D eigenvalue weighted by Crippen LogP contribution is -2.13. The van der Waals surface area contributed by atoms with Crippen molar-refractivity contribution in [3.8, 4) is 0 Å². The predicted molar refractivity (Wildman–Crippen MR) is 66.5 cm³/mol. The summed E-state index contributed by atoms with van der Waals surface area (Å²) in [6.45, 7) is 3.16. The third kappa shape index (κ3) is 3.17. The molecule has 0 aliphatic carbocycles. The zero-order valence-corrected chi connectivity index (χ0v) is 11.3. The number of halogens is 1. The van der Waals surface area contributed by atoms with Crippen molar-refractivity contribution >= 4 is 9.84 Å². The maximum Gasteiger partial charge on any atom is 0.241 e. The van der Waals surface area contributed by atoms with Gasteiger partial charge in [0.1, 0.15) is 11.6 Å². The van der Waals surface area contributed by atoms with Crippen molar-refractivity contribution in [1.29, 1.82) is 0 Å². The summed E-state index contributed by atoms with van der Waals surface area (Å²) in [5.74, 6) is -0.279. The fraction of sp³-hybridized carbons (Fsp3) is 0.333. The zero-order chi connectivity index (χ0) is 14.0. The molecule has 2 aromatic rings. The fourth-order valence-electron chi connectivity index (χ4n) is 1.64. The van der Waals surface area contributed by atoms with Gasteiger partial charge in [0, 0.05) is 0 Å². The van der Waals surface area contributed by atoms with Crippen molar-refractivity contribution in [2.45, 2.75) is 24.9 Å². The summed E-state index contributed by atoms with van der Waals surface area (Å²) in [6, 6.07) is 5.38. The molecule has 19 heavy (non-hydrogen) atoms. The molecule has 1 atom stereocenters. The average Bonchev–Trinajstić information content (AvgIpc) is 2.74. The summed E-state index contributed by atoms with van der Waals surface area (Å²) in [5.41, 5.74) is 0.526. The van der Waals surface area contributed by atoms with Crippen molar-refractivity contribution in [2.24, 2.45) is 0 Å². The van der Waals surface area contributed by atoms with E-state index in [2.05, 4.69) is 10.1 Å². The molecule has 0 spiro atoms. The van der Waals surface area contributed by atoms with Crippen LogP contribution in [0.3, 0.4) is 0 Å². The van der Waals surface area contributed by atoms with Gasteiger partial charge in [-0.25, -0.2) is 12.8 Å². The maximum absolute atomic E-state index is 12.8. The third-order valence-corrected chi connectivity index (χ3v) is 4.77. The Morgan fingerprint density at radius 1 is 1.32 bits per heavy atom. The second kappa shape index (κ2) is 5.08. The van der Waals surface area contributed by atoms with Crippen LogP contribution in [0.4, 0.5) is 4.39 Å². The number of benzene rings is 1. The van der Waals surface area contributed by atoms with Crippen LogP contribution in [-0.2, 0) is 15.6 Å². The highest BCUT2D eigenvalue weighted by Gasteiger charge is 2.25. The molecule has 1 unspecified atom stereocenters. The van der Waals surface area contributed by atoms with E-state index < -0.39 is 20.9 Å². The largest absolute Gasteiger partial charge is 0.338 e. The van der Waals surface area contributed by atoms with E-state index in [9.17, 15) is 12.8 Å². The number of aryl methyl sites for hydroxylation is 1. The smallest absolute Gasteiger partial charge is 0.241 e. The Bertz CT molecular complexity index is 665. The van der Waals surface area contributed by atoms with Crippen LogP contribution >= 0.6 is 0 Å². The monoisotopic (exact) mass is 284 g/mol. The topological polar surface area (TPSA) is 73.1 Å².